The minimum Gasteiger partial charge on any atom is -0.481 e. The van der Waals surface area contributed by atoms with Crippen LogP contribution in [0.4, 0.5) is 0 Å². The van der Waals surface area contributed by atoms with Crippen LogP contribution in [0.2, 0.25) is 0 Å². The van der Waals surface area contributed by atoms with Gasteiger partial charge in [-0.2, -0.15) is 0 Å². The fourth-order valence-electron chi connectivity index (χ4n) is 2.92. The van der Waals surface area contributed by atoms with Gasteiger partial charge in [-0.05, 0) is 38.8 Å². The molecule has 0 aliphatic carbocycles. The Morgan fingerprint density at radius 3 is 1.25 bits per heavy atom. The van der Waals surface area contributed by atoms with Crippen molar-refractivity contribution in [2.45, 2.75) is 38.5 Å². The van der Waals surface area contributed by atoms with Crippen molar-refractivity contribution in [1.82, 2.24) is 0 Å². The Bertz CT molecular complexity index is 627. The number of rotatable bonds is 14. The lowest BCUT2D eigenvalue weighted by atomic mass is 9.89. The molecule has 2 atom stereocenters. The van der Waals surface area contributed by atoms with Gasteiger partial charge in [-0.25, -0.2) is 0 Å². The zero-order valence-corrected chi connectivity index (χ0v) is 15.8. The van der Waals surface area contributed by atoms with Crippen molar-refractivity contribution in [3.05, 3.63) is 35.4 Å². The van der Waals surface area contributed by atoms with Crippen LogP contribution in [0, 0.1) is 11.8 Å². The molecule has 28 heavy (non-hydrogen) atoms. The van der Waals surface area contributed by atoms with Crippen LogP contribution in [-0.4, -0.2) is 46.8 Å². The first kappa shape index (κ1) is 23.5. The summed E-state index contributed by atoms with van der Waals surface area (Å²) in [5.41, 5.74) is 11.1. The third-order valence-corrected chi connectivity index (χ3v) is 4.58. The Labute approximate surface area is 163 Å². The summed E-state index contributed by atoms with van der Waals surface area (Å²) in [5, 5.41) is 18.6. The number of unbranched alkanes of at least 4 members (excludes halogenated alkanes) is 2. The molecule has 0 fully saturated rings. The monoisotopic (exact) mass is 392 g/mol. The maximum atomic E-state index is 12.5. The van der Waals surface area contributed by atoms with Crippen LogP contribution in [0.3, 0.4) is 0 Å². The molecule has 0 saturated carbocycles. The molecular weight excluding hydrogens is 364 g/mol. The Balaban J connectivity index is 2.89. The van der Waals surface area contributed by atoms with Gasteiger partial charge in [0.05, 0.1) is 0 Å². The van der Waals surface area contributed by atoms with Crippen LogP contribution < -0.4 is 11.5 Å². The van der Waals surface area contributed by atoms with Crippen molar-refractivity contribution < 1.29 is 29.4 Å². The lowest BCUT2D eigenvalue weighted by molar-refractivity contribution is -0.141. The van der Waals surface area contributed by atoms with Crippen LogP contribution in [-0.2, 0) is 9.59 Å². The molecule has 6 N–H and O–H groups in total. The highest BCUT2D eigenvalue weighted by Crippen LogP contribution is 2.20. The van der Waals surface area contributed by atoms with Crippen molar-refractivity contribution in [3.63, 3.8) is 0 Å². The highest BCUT2D eigenvalue weighted by atomic mass is 16.4. The fraction of sp³-hybridized carbons (Fsp3) is 0.500. The molecule has 0 aliphatic rings. The molecule has 0 spiro atoms. The number of carbonyl (C=O) groups excluding carboxylic acids is 2. The molecule has 0 heterocycles. The second-order valence-electron chi connectivity index (χ2n) is 6.66. The first-order chi connectivity index (χ1) is 13.3. The molecule has 154 valence electrons. The van der Waals surface area contributed by atoms with Crippen LogP contribution in [0.5, 0.6) is 0 Å². The van der Waals surface area contributed by atoms with E-state index in [4.69, 9.17) is 11.5 Å². The maximum absolute atomic E-state index is 12.5. The number of hydrogen-bond acceptors (Lipinski definition) is 6. The highest BCUT2D eigenvalue weighted by molar-refractivity contribution is 6.10. The van der Waals surface area contributed by atoms with E-state index in [9.17, 15) is 29.4 Å². The van der Waals surface area contributed by atoms with Gasteiger partial charge in [-0.3, -0.25) is 19.2 Å². The van der Waals surface area contributed by atoms with E-state index in [1.807, 2.05) is 0 Å². The van der Waals surface area contributed by atoms with Crippen molar-refractivity contribution in [2.24, 2.45) is 23.3 Å². The Kier molecular flexibility index (Phi) is 10.0. The van der Waals surface area contributed by atoms with Crippen molar-refractivity contribution in [2.75, 3.05) is 13.1 Å². The van der Waals surface area contributed by atoms with Gasteiger partial charge in [0.1, 0.15) is 11.8 Å². The van der Waals surface area contributed by atoms with Crippen LogP contribution in [0.1, 0.15) is 59.2 Å². The topological polar surface area (TPSA) is 161 Å². The molecular formula is C20H28N2O6. The summed E-state index contributed by atoms with van der Waals surface area (Å²) in [6, 6.07) is 5.47. The quantitative estimate of drug-likeness (QED) is 0.211. The molecule has 8 heteroatoms. The number of carboxylic acids is 2. The molecule has 1 aromatic rings. The zero-order chi connectivity index (χ0) is 21.1. The standard InChI is InChI=1S/C20H28N2O6/c21-11-3-1-5-15(19(25)26)17(23)13-7-9-14(10-8-13)18(24)16(20(27)28)6-2-4-12-22/h7-10,15-16H,1-6,11-12,21-22H2,(H,25,26)(H,27,28). The minimum atomic E-state index is -1.20. The number of Topliss-reactive ketones (excluding diaryl/α,β-unsaturated/α-hetero) is 2. The molecule has 0 aliphatic heterocycles. The maximum Gasteiger partial charge on any atom is 0.314 e. The highest BCUT2D eigenvalue weighted by Gasteiger charge is 2.29. The SMILES string of the molecule is NCCCCC(C(=O)O)C(=O)c1ccc(C(=O)C(CCCCN)C(=O)O)cc1. The van der Waals surface area contributed by atoms with Gasteiger partial charge in [0, 0.05) is 11.1 Å². The zero-order valence-electron chi connectivity index (χ0n) is 15.8. The Morgan fingerprint density at radius 1 is 0.679 bits per heavy atom. The summed E-state index contributed by atoms with van der Waals surface area (Å²) < 4.78 is 0. The van der Waals surface area contributed by atoms with Crippen molar-refractivity contribution >= 4 is 23.5 Å². The molecule has 8 nitrogen and oxygen atoms in total. The first-order valence-electron chi connectivity index (χ1n) is 9.37. The Hall–Kier alpha value is -2.58. The summed E-state index contributed by atoms with van der Waals surface area (Å²) in [5.74, 6) is -5.82. The van der Waals surface area contributed by atoms with E-state index in [1.54, 1.807) is 0 Å². The lowest BCUT2D eigenvalue weighted by Gasteiger charge is -2.13. The van der Waals surface area contributed by atoms with E-state index >= 15 is 0 Å². The molecule has 0 amide bonds. The van der Waals surface area contributed by atoms with Crippen LogP contribution in [0.25, 0.3) is 0 Å². The van der Waals surface area contributed by atoms with E-state index in [1.165, 1.54) is 24.3 Å². The van der Waals surface area contributed by atoms with Crippen LogP contribution >= 0.6 is 0 Å². The largest absolute Gasteiger partial charge is 0.481 e. The first-order valence-corrected chi connectivity index (χ1v) is 9.37. The van der Waals surface area contributed by atoms with E-state index in [2.05, 4.69) is 0 Å². The van der Waals surface area contributed by atoms with Gasteiger partial charge in [0.25, 0.3) is 0 Å². The molecule has 1 aromatic carbocycles. The summed E-state index contributed by atoms with van der Waals surface area (Å²) in [6.45, 7) is 0.848. The van der Waals surface area contributed by atoms with Gasteiger partial charge >= 0.3 is 11.9 Å². The van der Waals surface area contributed by atoms with E-state index < -0.39 is 35.3 Å². The smallest absolute Gasteiger partial charge is 0.314 e. The van der Waals surface area contributed by atoms with Crippen LogP contribution in [0.15, 0.2) is 24.3 Å². The lowest BCUT2D eigenvalue weighted by Crippen LogP contribution is -2.25. The summed E-state index contributed by atoms with van der Waals surface area (Å²) in [7, 11) is 0. The molecule has 1 rings (SSSR count). The van der Waals surface area contributed by atoms with Crippen molar-refractivity contribution in [1.29, 1.82) is 0 Å². The predicted molar refractivity (Wildman–Crippen MR) is 103 cm³/mol. The Morgan fingerprint density at radius 2 is 1.00 bits per heavy atom. The van der Waals surface area contributed by atoms with Gasteiger partial charge in [-0.15, -0.1) is 0 Å². The number of aliphatic carboxylic acids is 2. The normalized spacial score (nSPS) is 12.9. The summed E-state index contributed by atoms with van der Waals surface area (Å²) >= 11 is 0. The van der Waals surface area contributed by atoms with Crippen molar-refractivity contribution in [3.8, 4) is 0 Å². The predicted octanol–water partition coefficient (Wildman–Crippen LogP) is 1.71. The van der Waals surface area contributed by atoms with Gasteiger partial charge in [0.2, 0.25) is 0 Å². The number of carbonyl (C=O) groups is 4. The van der Waals surface area contributed by atoms with E-state index in [-0.39, 0.29) is 24.0 Å². The molecule has 0 bridgehead atoms. The second kappa shape index (κ2) is 12.0. The average molecular weight is 392 g/mol. The molecule has 2 unspecified atom stereocenters. The minimum absolute atomic E-state index is 0.173. The van der Waals surface area contributed by atoms with Gasteiger partial charge in [0.15, 0.2) is 11.6 Å². The van der Waals surface area contributed by atoms with E-state index in [0.29, 0.717) is 38.8 Å². The fourth-order valence-corrected chi connectivity index (χ4v) is 2.92. The molecule has 0 aromatic heterocycles. The molecule has 0 saturated heterocycles. The molecule has 0 radical (unpaired) electrons. The number of ketones is 2. The summed E-state index contributed by atoms with van der Waals surface area (Å²) in [6.07, 6.45) is 2.69. The second-order valence-corrected chi connectivity index (χ2v) is 6.66. The van der Waals surface area contributed by atoms with Gasteiger partial charge in [-0.1, -0.05) is 37.1 Å². The number of hydrogen-bond donors (Lipinski definition) is 4. The van der Waals surface area contributed by atoms with E-state index in [0.717, 1.165) is 0 Å². The third kappa shape index (κ3) is 6.86. The average Bonchev–Trinajstić information content (AvgIpc) is 2.67. The number of benzene rings is 1. The number of carboxylic acid groups (broad SMARTS) is 2. The number of nitrogens with two attached hydrogens (primary N) is 2. The van der Waals surface area contributed by atoms with Gasteiger partial charge < -0.3 is 21.7 Å². The summed E-state index contributed by atoms with van der Waals surface area (Å²) in [4.78, 5) is 47.7. The third-order valence-electron chi connectivity index (χ3n) is 4.58.